The molecule has 7 atom stereocenters. The van der Waals surface area contributed by atoms with E-state index in [1.807, 2.05) is 6.92 Å². The molecule has 4 unspecified atom stereocenters. The molecule has 0 spiro atoms. The molecule has 6 N–H and O–H groups in total. The summed E-state index contributed by atoms with van der Waals surface area (Å²) in [7, 11) is 0. The monoisotopic (exact) mass is 606 g/mol. The molecule has 12 nitrogen and oxygen atoms in total. The molecule has 2 fully saturated rings. The molecule has 1 aromatic heterocycles. The summed E-state index contributed by atoms with van der Waals surface area (Å²) < 4.78 is 5.57. The zero-order valence-corrected chi connectivity index (χ0v) is 25.5. The third-order valence-corrected chi connectivity index (χ3v) is 10.3. The van der Waals surface area contributed by atoms with Crippen molar-refractivity contribution >= 4 is 35.8 Å². The van der Waals surface area contributed by atoms with E-state index in [1.165, 1.54) is 12.3 Å². The minimum absolute atomic E-state index is 0.0268. The quantitative estimate of drug-likeness (QED) is 0.196. The number of carbonyl (C=O) groups is 2. The van der Waals surface area contributed by atoms with Crippen LogP contribution >= 0.6 is 0 Å². The van der Waals surface area contributed by atoms with E-state index in [0.717, 1.165) is 24.8 Å². The zero-order valence-electron chi connectivity index (χ0n) is 25.5. The predicted molar refractivity (Wildman–Crippen MR) is 167 cm³/mol. The summed E-state index contributed by atoms with van der Waals surface area (Å²) >= 11 is 0. The molecule has 0 saturated heterocycles. The Balaban J connectivity index is 1.48. The van der Waals surface area contributed by atoms with E-state index in [0.29, 0.717) is 30.8 Å². The van der Waals surface area contributed by atoms with Gasteiger partial charge in [0.2, 0.25) is 0 Å². The molecular formula is C32H42N6O6. The summed E-state index contributed by atoms with van der Waals surface area (Å²) in [5.74, 6) is -0.123. The first kappa shape index (κ1) is 31.7. The van der Waals surface area contributed by atoms with Crippen molar-refractivity contribution < 1.29 is 24.5 Å². The second kappa shape index (κ2) is 12.3. The van der Waals surface area contributed by atoms with Gasteiger partial charge in [-0.1, -0.05) is 26.0 Å². The zero-order chi connectivity index (χ0) is 31.8. The van der Waals surface area contributed by atoms with Crippen LogP contribution in [-0.2, 0) is 14.3 Å². The number of nitrogens with one attached hydrogen (secondary N) is 2. The van der Waals surface area contributed by atoms with Gasteiger partial charge >= 0.3 is 5.97 Å². The second-order valence-electron chi connectivity index (χ2n) is 13.0. The molecular weight excluding hydrogens is 564 g/mol. The van der Waals surface area contributed by atoms with Crippen LogP contribution in [0.25, 0.3) is 6.08 Å². The minimum Gasteiger partial charge on any atom is -0.423 e. The molecule has 5 rings (SSSR count). The van der Waals surface area contributed by atoms with Gasteiger partial charge in [0.1, 0.15) is 11.6 Å². The maximum absolute atomic E-state index is 13.4. The number of ketones is 1. The number of nitrogens with zero attached hydrogens (tertiary/aromatic N) is 3. The van der Waals surface area contributed by atoms with E-state index in [1.54, 1.807) is 19.2 Å². The van der Waals surface area contributed by atoms with Gasteiger partial charge in [-0.2, -0.15) is 0 Å². The molecule has 0 amide bonds. The van der Waals surface area contributed by atoms with Gasteiger partial charge in [0.05, 0.1) is 42.9 Å². The average molecular weight is 607 g/mol. The lowest BCUT2D eigenvalue weighted by molar-refractivity contribution is -0.153. The number of nitrogens with two attached hydrogens (primary N) is 1. The number of H-pyrrole nitrogens is 1. The second-order valence-corrected chi connectivity index (χ2v) is 13.0. The lowest BCUT2D eigenvalue weighted by Gasteiger charge is -2.60. The molecule has 2 saturated carbocycles. The number of ether oxygens (including phenoxy) is 1. The largest absolute Gasteiger partial charge is 0.423 e. The van der Waals surface area contributed by atoms with Crippen LogP contribution < -0.4 is 16.6 Å². The molecule has 236 valence electrons. The van der Waals surface area contributed by atoms with E-state index in [2.05, 4.69) is 38.8 Å². The topological polar surface area (TPSA) is 192 Å². The summed E-state index contributed by atoms with van der Waals surface area (Å²) in [4.78, 5) is 53.7. The maximum Gasteiger partial charge on any atom is 0.341 e. The molecule has 0 aromatic carbocycles. The van der Waals surface area contributed by atoms with Crippen LogP contribution in [0.4, 0.5) is 5.95 Å². The maximum atomic E-state index is 13.4. The SMILES string of the molecule is C=C1CCC2[C@](C)(CC[C@@H](O)[C@@]2(C)CO)C1CC(NC(C)C(=O)CC1=NCC=N1)C1=C/C(=C\c2cnc(N)[nH]c2=O)OC1=O. The van der Waals surface area contributed by atoms with Gasteiger partial charge in [-0.3, -0.25) is 19.6 Å². The number of esters is 1. The van der Waals surface area contributed by atoms with Gasteiger partial charge in [0.15, 0.2) is 11.7 Å². The number of aliphatic imine (C=N–C) groups is 2. The molecule has 2 aliphatic heterocycles. The van der Waals surface area contributed by atoms with Crippen molar-refractivity contribution in [2.75, 3.05) is 18.9 Å². The lowest BCUT2D eigenvalue weighted by Crippen LogP contribution is -2.58. The highest BCUT2D eigenvalue weighted by molar-refractivity contribution is 6.07. The van der Waals surface area contributed by atoms with Crippen molar-refractivity contribution in [1.29, 1.82) is 0 Å². The number of allylic oxidation sites excluding steroid dienone is 2. The standard InChI is InChI=1S/C32H42N6O6/c1-17-5-6-25-31(3,8-7-26(41)32(25,4)16-39)22(17)13-23(37-18(2)24(40)14-27-34-9-10-35-27)21-12-20(44-29(21)43)11-19-15-36-30(33)38-28(19)42/h9,11-12,15,18,22-23,25-26,37,39,41H,1,5-8,10,13-14,16H2,2-4H3,(H3,33,36,38,42)/b20-11+/t18?,22?,23?,25?,26-,31-,32+/m1/s1. The highest BCUT2D eigenvalue weighted by Gasteiger charge is 2.58. The number of hydrogen-bond acceptors (Lipinski definition) is 11. The minimum atomic E-state index is -0.664. The number of cyclic esters (lactones) is 1. The first-order valence-electron chi connectivity index (χ1n) is 15.2. The van der Waals surface area contributed by atoms with Crippen LogP contribution in [0.15, 0.2) is 50.5 Å². The smallest absolute Gasteiger partial charge is 0.341 e. The highest BCUT2D eigenvalue weighted by Crippen LogP contribution is 2.62. The number of aromatic amines is 1. The number of carbonyl (C=O) groups excluding carboxylic acids is 2. The molecule has 0 bridgehead atoms. The van der Waals surface area contributed by atoms with Crippen LogP contribution in [0.2, 0.25) is 0 Å². The van der Waals surface area contributed by atoms with E-state index in [9.17, 15) is 24.6 Å². The molecule has 12 heteroatoms. The number of rotatable bonds is 10. The summed E-state index contributed by atoms with van der Waals surface area (Å²) in [6.07, 6.45) is 8.68. The van der Waals surface area contributed by atoms with Crippen molar-refractivity contribution in [3.63, 3.8) is 0 Å². The van der Waals surface area contributed by atoms with Gasteiger partial charge in [-0.05, 0) is 68.4 Å². The van der Waals surface area contributed by atoms with Crippen molar-refractivity contribution in [1.82, 2.24) is 15.3 Å². The molecule has 44 heavy (non-hydrogen) atoms. The van der Waals surface area contributed by atoms with Crippen LogP contribution in [0, 0.1) is 22.7 Å². The van der Waals surface area contributed by atoms with Crippen molar-refractivity contribution in [2.45, 2.75) is 77.5 Å². The van der Waals surface area contributed by atoms with Gasteiger partial charge < -0.3 is 26.0 Å². The molecule has 3 heterocycles. The molecule has 4 aliphatic rings. The van der Waals surface area contributed by atoms with Crippen LogP contribution in [0.1, 0.15) is 64.9 Å². The number of hydrogen-bond donors (Lipinski definition) is 5. The van der Waals surface area contributed by atoms with E-state index < -0.39 is 35.1 Å². The van der Waals surface area contributed by atoms with Crippen molar-refractivity contribution in [3.8, 4) is 0 Å². The van der Waals surface area contributed by atoms with Crippen LogP contribution in [0.5, 0.6) is 0 Å². The van der Waals surface area contributed by atoms with E-state index in [-0.39, 0.29) is 53.3 Å². The lowest BCUT2D eigenvalue weighted by atomic mass is 9.46. The first-order valence-corrected chi connectivity index (χ1v) is 15.2. The van der Waals surface area contributed by atoms with Crippen molar-refractivity contribution in [2.24, 2.45) is 32.7 Å². The highest BCUT2D eigenvalue weighted by atomic mass is 16.5. The number of amidine groups is 1. The fourth-order valence-electron chi connectivity index (χ4n) is 7.69. The Morgan fingerprint density at radius 2 is 2.11 bits per heavy atom. The first-order chi connectivity index (χ1) is 20.9. The Morgan fingerprint density at radius 3 is 2.80 bits per heavy atom. The number of anilines is 1. The average Bonchev–Trinajstić information content (AvgIpc) is 3.63. The van der Waals surface area contributed by atoms with Crippen molar-refractivity contribution in [3.05, 3.63) is 51.7 Å². The van der Waals surface area contributed by atoms with Gasteiger partial charge in [0, 0.05) is 23.9 Å². The van der Waals surface area contributed by atoms with Gasteiger partial charge in [0.25, 0.3) is 5.56 Å². The summed E-state index contributed by atoms with van der Waals surface area (Å²) in [5.41, 5.74) is 5.66. The summed E-state index contributed by atoms with van der Waals surface area (Å²) in [5, 5.41) is 24.8. The summed E-state index contributed by atoms with van der Waals surface area (Å²) in [6.45, 7) is 10.7. The fourth-order valence-corrected chi connectivity index (χ4v) is 7.69. The predicted octanol–water partition coefficient (Wildman–Crippen LogP) is 2.10. The normalized spacial score (nSPS) is 32.2. The van der Waals surface area contributed by atoms with Gasteiger partial charge in [-0.15, -0.1) is 0 Å². The molecule has 1 aromatic rings. The Labute approximate surface area is 256 Å². The number of fused-ring (bicyclic) bond motifs is 1. The Kier molecular flexibility index (Phi) is 8.88. The number of nitrogen functional groups attached to an aromatic ring is 1. The van der Waals surface area contributed by atoms with Gasteiger partial charge in [-0.25, -0.2) is 14.8 Å². The van der Waals surface area contributed by atoms with Crippen LogP contribution in [-0.4, -0.2) is 75.3 Å². The Morgan fingerprint density at radius 1 is 1.34 bits per heavy atom. The van der Waals surface area contributed by atoms with E-state index in [4.69, 9.17) is 10.5 Å². The number of aliphatic hydroxyl groups is 2. The summed E-state index contributed by atoms with van der Waals surface area (Å²) in [6, 6.07) is -1.24. The van der Waals surface area contributed by atoms with Crippen LogP contribution in [0.3, 0.4) is 0 Å². The molecule has 0 radical (unpaired) electrons. The number of aliphatic hydroxyl groups excluding tert-OH is 2. The fraction of sp³-hybridized carbons (Fsp3) is 0.562. The van der Waals surface area contributed by atoms with E-state index >= 15 is 0 Å². The Hall–Kier alpha value is -3.74. The number of Topliss-reactive ketones (excluding diaryl/α,β-unsaturated/α-hetero) is 1. The third-order valence-electron chi connectivity index (χ3n) is 10.3. The third kappa shape index (κ3) is 5.98. The number of aromatic nitrogens is 2. The Bertz CT molecular complexity index is 1530. The molecule has 2 aliphatic carbocycles.